The van der Waals surface area contributed by atoms with E-state index in [2.05, 4.69) is 58.5 Å². The Kier molecular flexibility index (Phi) is 25.7. The lowest BCUT2D eigenvalue weighted by Crippen LogP contribution is -2.46. The van der Waals surface area contributed by atoms with E-state index < -0.39 is 41.8 Å². The quantitative estimate of drug-likeness (QED) is 0.0215. The average molecular weight is 1020 g/mol. The summed E-state index contributed by atoms with van der Waals surface area (Å²) in [6, 6.07) is 20.4. The summed E-state index contributed by atoms with van der Waals surface area (Å²) >= 11 is 5.57. The molecule has 3 aromatic rings. The third kappa shape index (κ3) is 22.0. The number of nitrogens with zero attached hydrogens (tertiary/aromatic N) is 4. The molecule has 2 atom stereocenters. The Morgan fingerprint density at radius 3 is 1.81 bits per heavy atom. The molecule has 0 bridgehead atoms. The lowest BCUT2D eigenvalue weighted by molar-refractivity contribution is -0.140. The number of nitrogens with one attached hydrogen (secondary N) is 5. The van der Waals surface area contributed by atoms with Crippen molar-refractivity contribution in [2.45, 2.75) is 89.3 Å². The van der Waals surface area contributed by atoms with Gasteiger partial charge in [0.25, 0.3) is 0 Å². The minimum atomic E-state index is -1.24. The second-order valence-electron chi connectivity index (χ2n) is 17.4. The summed E-state index contributed by atoms with van der Waals surface area (Å²) in [7, 11) is 0. The van der Waals surface area contributed by atoms with Crippen LogP contribution < -0.4 is 26.6 Å². The first-order valence-electron chi connectivity index (χ1n) is 24.4. The number of ketones is 1. The Morgan fingerprint density at radius 2 is 1.22 bits per heavy atom. The third-order valence-corrected chi connectivity index (χ3v) is 12.1. The number of phenols is 2. The van der Waals surface area contributed by atoms with Crippen molar-refractivity contribution in [3.05, 3.63) is 89.5 Å². The topological polar surface area (TPSA) is 295 Å². The fourth-order valence-electron chi connectivity index (χ4n) is 7.99. The predicted molar refractivity (Wildman–Crippen MR) is 278 cm³/mol. The molecule has 0 spiro atoms. The number of phenolic OH excluding ortho intramolecular Hbond substituents is 2. The minimum absolute atomic E-state index is 0.00901. The summed E-state index contributed by atoms with van der Waals surface area (Å²) in [6.07, 6.45) is 6.08. The van der Waals surface area contributed by atoms with Crippen molar-refractivity contribution in [3.63, 3.8) is 0 Å². The molecular weight excluding hydrogens is 947 g/mol. The minimum Gasteiger partial charge on any atom is -0.507 e. The van der Waals surface area contributed by atoms with Crippen molar-refractivity contribution in [3.8, 4) is 11.5 Å². The van der Waals surface area contributed by atoms with E-state index in [1.54, 1.807) is 36.7 Å². The van der Waals surface area contributed by atoms with Gasteiger partial charge in [-0.1, -0.05) is 42.8 Å². The van der Waals surface area contributed by atoms with E-state index in [0.29, 0.717) is 68.2 Å². The summed E-state index contributed by atoms with van der Waals surface area (Å²) < 4.78 is 0. The van der Waals surface area contributed by atoms with Crippen LogP contribution in [0.3, 0.4) is 0 Å². The van der Waals surface area contributed by atoms with Gasteiger partial charge in [0.15, 0.2) is 5.11 Å². The van der Waals surface area contributed by atoms with Crippen LogP contribution in [0.2, 0.25) is 0 Å². The van der Waals surface area contributed by atoms with Gasteiger partial charge in [0.1, 0.15) is 23.3 Å². The summed E-state index contributed by atoms with van der Waals surface area (Å²) in [4.78, 5) is 85.4. The second-order valence-corrected chi connectivity index (χ2v) is 17.8. The van der Waals surface area contributed by atoms with Crippen molar-refractivity contribution in [2.75, 3.05) is 64.2 Å². The number of benzene rings is 3. The Bertz CT molecular complexity index is 2230. The number of aliphatic carboxylic acids is 3. The van der Waals surface area contributed by atoms with Crippen molar-refractivity contribution >= 4 is 71.1 Å². The van der Waals surface area contributed by atoms with Gasteiger partial charge >= 0.3 is 23.9 Å². The zero-order valence-corrected chi connectivity index (χ0v) is 41.4. The van der Waals surface area contributed by atoms with Crippen LogP contribution in [0.5, 0.6) is 11.5 Å². The maximum atomic E-state index is 13.0. The maximum Gasteiger partial charge on any atom is 0.326 e. The summed E-state index contributed by atoms with van der Waals surface area (Å²) in [5, 5.41) is 62.1. The molecule has 20 nitrogen and oxygen atoms in total. The van der Waals surface area contributed by atoms with Gasteiger partial charge in [-0.15, -0.1) is 0 Å². The van der Waals surface area contributed by atoms with Crippen LogP contribution in [0.15, 0.2) is 82.8 Å². The molecule has 390 valence electrons. The zero-order chi connectivity index (χ0) is 52.1. The predicted octanol–water partition coefficient (Wildman–Crippen LogP) is 5.14. The Labute approximate surface area is 425 Å². The molecule has 10 N–H and O–H groups in total. The molecule has 3 aromatic carbocycles. The van der Waals surface area contributed by atoms with Gasteiger partial charge in [0.2, 0.25) is 5.91 Å². The molecule has 4 rings (SSSR count). The van der Waals surface area contributed by atoms with E-state index in [1.165, 1.54) is 0 Å². The molecule has 72 heavy (non-hydrogen) atoms. The number of rotatable bonds is 33. The molecule has 1 aliphatic rings. The Morgan fingerprint density at radius 1 is 0.653 bits per heavy atom. The highest BCUT2D eigenvalue weighted by Gasteiger charge is 2.32. The number of aliphatic imine (C=N–C) groups is 2. The number of unbranched alkanes of at least 4 members (excludes halogenated alkanes) is 3. The fraction of sp³-hybridized carbons (Fsp3) is 0.471. The zero-order valence-electron chi connectivity index (χ0n) is 40.5. The molecular formula is C51H69N9O11S. The highest BCUT2D eigenvalue weighted by atomic mass is 32.1. The van der Waals surface area contributed by atoms with Crippen LogP contribution in [0.25, 0.3) is 0 Å². The largest absolute Gasteiger partial charge is 0.507 e. The first-order chi connectivity index (χ1) is 34.7. The van der Waals surface area contributed by atoms with E-state index in [-0.39, 0.29) is 81.5 Å². The van der Waals surface area contributed by atoms with Gasteiger partial charge in [0, 0.05) is 107 Å². The molecule has 0 aliphatic carbocycles. The van der Waals surface area contributed by atoms with Crippen molar-refractivity contribution in [1.82, 2.24) is 31.1 Å². The van der Waals surface area contributed by atoms with E-state index in [0.717, 1.165) is 37.2 Å². The van der Waals surface area contributed by atoms with Crippen LogP contribution in [-0.4, -0.2) is 153 Å². The molecule has 1 aliphatic heterocycles. The molecule has 0 unspecified atom stereocenters. The summed E-state index contributed by atoms with van der Waals surface area (Å²) in [6.45, 7) is 4.97. The van der Waals surface area contributed by atoms with Crippen LogP contribution in [0.4, 0.5) is 10.5 Å². The monoisotopic (exact) mass is 1020 g/mol. The number of aromatic hydroxyl groups is 2. The standard InChI is InChI=1S/C51H69N9O11S/c61-41(33-37(20-23-46(66)67)47(68)54-24-9-7-14-42(49(69)70)58-50(71)55-26-10-17-45(64)65)13-2-1-8-25-56-51(72)57-40-21-18-36(19-22-40)48-59(29-27-52-34-38-11-3-5-15-43(38)62)31-32-60(48)30-28-53-35-39-12-4-6-16-44(39)63/h3-6,11-12,15-16,18-19,21-22,34-35,37,42,48,62-63H,1-2,7-10,13-14,17,20,23-33H2,(H,54,68)(H,64,65)(H,66,67)(H,69,70)(H2,55,58,71)(H2,56,57,72)/t37-,42+,48?/m1/s1. The van der Waals surface area contributed by atoms with Crippen molar-refractivity contribution < 1.29 is 54.3 Å². The van der Waals surface area contributed by atoms with E-state index in [1.807, 2.05) is 36.4 Å². The average Bonchev–Trinajstić information content (AvgIpc) is 3.75. The molecule has 1 fully saturated rings. The number of Topliss-reactive ketones (excluding diaryl/α,β-unsaturated/α-hetero) is 1. The van der Waals surface area contributed by atoms with E-state index >= 15 is 0 Å². The van der Waals surface area contributed by atoms with Gasteiger partial charge < -0.3 is 52.1 Å². The highest BCUT2D eigenvalue weighted by molar-refractivity contribution is 7.80. The molecule has 0 radical (unpaired) electrons. The number of amides is 3. The molecule has 0 aromatic heterocycles. The maximum absolute atomic E-state index is 13.0. The Balaban J connectivity index is 1.17. The number of carbonyl (C=O) groups excluding carboxylic acids is 3. The number of hydrogen-bond acceptors (Lipinski definition) is 13. The number of thiocarbonyl (C=S) groups is 1. The fourth-order valence-corrected chi connectivity index (χ4v) is 8.21. The highest BCUT2D eigenvalue weighted by Crippen LogP contribution is 2.30. The number of hydrogen-bond donors (Lipinski definition) is 10. The molecule has 1 heterocycles. The molecule has 3 amide bonds. The van der Waals surface area contributed by atoms with Gasteiger partial charge in [-0.2, -0.15) is 0 Å². The summed E-state index contributed by atoms with van der Waals surface area (Å²) in [5.41, 5.74) is 3.24. The molecule has 21 heteroatoms. The smallest absolute Gasteiger partial charge is 0.326 e. The summed E-state index contributed by atoms with van der Waals surface area (Å²) in [5.74, 6) is -4.39. The van der Waals surface area contributed by atoms with E-state index in [9.17, 15) is 49.2 Å². The number of para-hydroxylation sites is 2. The van der Waals surface area contributed by atoms with Crippen LogP contribution in [-0.2, 0) is 24.0 Å². The SMILES string of the molecule is O=C(O)CCCNC(=O)N[C@@H](CCCCNC(=O)[C@H](CCC(=O)O)CC(=O)CCCCCNC(=S)Nc1ccc(C2N(CCN=Cc3ccccc3O)CCN2CCN=Cc2ccccc2O)cc1)C(=O)O. The van der Waals surface area contributed by atoms with Crippen LogP contribution in [0.1, 0.15) is 99.9 Å². The lowest BCUT2D eigenvalue weighted by atomic mass is 9.94. The third-order valence-electron chi connectivity index (χ3n) is 11.8. The second kappa shape index (κ2) is 32.1. The number of carbonyl (C=O) groups is 6. The van der Waals surface area contributed by atoms with Crippen molar-refractivity contribution in [1.29, 1.82) is 0 Å². The number of carboxylic acid groups (broad SMARTS) is 3. The lowest BCUT2D eigenvalue weighted by Gasteiger charge is -2.30. The van der Waals surface area contributed by atoms with Gasteiger partial charge in [-0.05, 0) is 99.1 Å². The first-order valence-corrected chi connectivity index (χ1v) is 24.8. The normalized spacial score (nSPS) is 14.7. The number of anilines is 1. The van der Waals surface area contributed by atoms with E-state index in [4.69, 9.17) is 17.3 Å². The first kappa shape index (κ1) is 57.6. The van der Waals surface area contributed by atoms with Gasteiger partial charge in [0.05, 0.1) is 19.3 Å². The molecule has 0 saturated carbocycles. The molecule has 1 saturated heterocycles. The van der Waals surface area contributed by atoms with Crippen LogP contribution in [0, 0.1) is 5.92 Å². The Hall–Kier alpha value is -6.97. The van der Waals surface area contributed by atoms with Crippen LogP contribution >= 0.6 is 12.2 Å². The number of carboxylic acids is 3. The van der Waals surface area contributed by atoms with Gasteiger partial charge in [-0.3, -0.25) is 39.0 Å². The number of urea groups is 1. The van der Waals surface area contributed by atoms with Gasteiger partial charge in [-0.25, -0.2) is 9.59 Å². The van der Waals surface area contributed by atoms with Crippen molar-refractivity contribution in [2.24, 2.45) is 15.9 Å².